The standard InChI is InChI=1S/C34H49N3O8S/c1-7-32(4)14-23(33(5)19(2)8-10-34(20(3)31(32)44)11-9-22(38)30(33)34)45-25(41)18-46-17-21-16-36(6)12-13-37(21)27-26(28(42)29(27)43)35-15-24(39)40/h7,19-21,23,30-31,35,44H,1,8-18H2,2-6H3,(H,39,40)/t19-,20+,21?,23-,30+,31+,32-,33+,34+/m1/s1. The van der Waals surface area contributed by atoms with E-state index in [9.17, 15) is 29.1 Å². The first kappa shape index (κ1) is 34.6. The fourth-order valence-corrected chi connectivity index (χ4v) is 10.3. The van der Waals surface area contributed by atoms with Gasteiger partial charge in [0.2, 0.25) is 0 Å². The van der Waals surface area contributed by atoms with Gasteiger partial charge in [0.25, 0.3) is 10.9 Å². The summed E-state index contributed by atoms with van der Waals surface area (Å²) in [5.74, 6) is -1.05. The van der Waals surface area contributed by atoms with E-state index in [1.807, 2.05) is 18.9 Å². The van der Waals surface area contributed by atoms with Crippen LogP contribution in [0, 0.1) is 34.0 Å². The molecule has 3 N–H and O–H groups in total. The number of carbonyl (C=O) groups is 3. The zero-order valence-electron chi connectivity index (χ0n) is 27.7. The number of aliphatic hydroxyl groups is 1. The Kier molecular flexibility index (Phi) is 9.58. The second-order valence-corrected chi connectivity index (χ2v) is 15.8. The number of aliphatic hydroxyl groups excluding tert-OH is 1. The fourth-order valence-electron chi connectivity index (χ4n) is 9.40. The molecular formula is C34H49N3O8S. The van der Waals surface area contributed by atoms with Crippen LogP contribution in [0.15, 0.2) is 22.2 Å². The highest BCUT2D eigenvalue weighted by Gasteiger charge is 2.68. The number of Topliss-reactive ketones (excluding diaryl/α,β-unsaturated/α-hetero) is 1. The van der Waals surface area contributed by atoms with Gasteiger partial charge in [0, 0.05) is 48.6 Å². The maximum atomic E-state index is 13.6. The third-order valence-corrected chi connectivity index (χ3v) is 13.4. The van der Waals surface area contributed by atoms with Crippen LogP contribution >= 0.6 is 11.8 Å². The van der Waals surface area contributed by atoms with Gasteiger partial charge in [0.05, 0.1) is 17.9 Å². The molecule has 3 aliphatic carbocycles. The molecule has 1 saturated heterocycles. The zero-order chi connectivity index (χ0) is 33.8. The van der Waals surface area contributed by atoms with Crippen molar-refractivity contribution in [1.82, 2.24) is 4.90 Å². The van der Waals surface area contributed by atoms with Crippen molar-refractivity contribution in [3.63, 3.8) is 0 Å². The summed E-state index contributed by atoms with van der Waals surface area (Å²) in [4.78, 5) is 67.1. The minimum atomic E-state index is -1.14. The molecule has 1 unspecified atom stereocenters. The topological polar surface area (TPSA) is 154 Å². The van der Waals surface area contributed by atoms with Crippen LogP contribution in [0.4, 0.5) is 11.4 Å². The number of aliphatic carboxylic acids is 1. The summed E-state index contributed by atoms with van der Waals surface area (Å²) >= 11 is 1.38. The summed E-state index contributed by atoms with van der Waals surface area (Å²) < 4.78 is 6.37. The number of nitrogens with zero attached hydrogens (tertiary/aromatic N) is 2. The molecule has 1 heterocycles. The molecule has 11 nitrogen and oxygen atoms in total. The molecule has 9 atom stereocenters. The van der Waals surface area contributed by atoms with Crippen molar-refractivity contribution in [2.45, 2.75) is 78.0 Å². The Morgan fingerprint density at radius 3 is 2.54 bits per heavy atom. The largest absolute Gasteiger partial charge is 0.480 e. The van der Waals surface area contributed by atoms with E-state index in [-0.39, 0.29) is 52.1 Å². The summed E-state index contributed by atoms with van der Waals surface area (Å²) in [6.45, 7) is 13.7. The number of esters is 1. The average Bonchev–Trinajstić information content (AvgIpc) is 3.37. The van der Waals surface area contributed by atoms with Crippen molar-refractivity contribution in [1.29, 1.82) is 0 Å². The predicted molar refractivity (Wildman–Crippen MR) is 178 cm³/mol. The third-order valence-electron chi connectivity index (χ3n) is 12.4. The molecule has 3 saturated carbocycles. The van der Waals surface area contributed by atoms with Crippen molar-refractivity contribution in [3.8, 4) is 0 Å². The van der Waals surface area contributed by atoms with Crippen LogP contribution in [0.5, 0.6) is 0 Å². The number of carbonyl (C=O) groups excluding carboxylic acids is 2. The number of rotatable bonds is 10. The van der Waals surface area contributed by atoms with Crippen LogP contribution in [-0.4, -0.2) is 95.8 Å². The molecule has 12 heteroatoms. The van der Waals surface area contributed by atoms with Gasteiger partial charge in [-0.2, -0.15) is 0 Å². The van der Waals surface area contributed by atoms with Crippen molar-refractivity contribution in [3.05, 3.63) is 33.1 Å². The molecule has 0 spiro atoms. The number of nitrogens with one attached hydrogen (secondary N) is 1. The van der Waals surface area contributed by atoms with E-state index in [0.717, 1.165) is 19.3 Å². The molecule has 4 fully saturated rings. The van der Waals surface area contributed by atoms with E-state index >= 15 is 0 Å². The van der Waals surface area contributed by atoms with E-state index in [1.54, 1.807) is 6.08 Å². The Balaban J connectivity index is 1.33. The van der Waals surface area contributed by atoms with E-state index < -0.39 is 52.4 Å². The van der Waals surface area contributed by atoms with Gasteiger partial charge in [0.15, 0.2) is 0 Å². The lowest BCUT2D eigenvalue weighted by atomic mass is 9.44. The summed E-state index contributed by atoms with van der Waals surface area (Å²) in [5, 5.41) is 23.4. The smallest absolute Gasteiger partial charge is 0.322 e. The molecule has 1 aliphatic heterocycles. The quantitative estimate of drug-likeness (QED) is 0.192. The number of ether oxygens (including phenoxy) is 1. The van der Waals surface area contributed by atoms with Crippen molar-refractivity contribution in [2.24, 2.45) is 34.0 Å². The normalized spacial score (nSPS) is 38.1. The summed E-state index contributed by atoms with van der Waals surface area (Å²) in [6, 6.07) is -0.195. The average molecular weight is 660 g/mol. The number of anilines is 2. The van der Waals surface area contributed by atoms with Gasteiger partial charge in [-0.05, 0) is 50.0 Å². The van der Waals surface area contributed by atoms with E-state index in [0.29, 0.717) is 38.2 Å². The fraction of sp³-hybridized carbons (Fsp3) is 0.735. The Bertz CT molecular complexity index is 1460. The Labute approximate surface area is 274 Å². The highest BCUT2D eigenvalue weighted by Crippen LogP contribution is 2.68. The summed E-state index contributed by atoms with van der Waals surface area (Å²) in [5.41, 5.74) is -2.75. The van der Waals surface area contributed by atoms with Crippen LogP contribution in [-0.2, 0) is 19.1 Å². The minimum Gasteiger partial charge on any atom is -0.480 e. The molecule has 5 rings (SSSR count). The highest BCUT2D eigenvalue weighted by molar-refractivity contribution is 7.99. The van der Waals surface area contributed by atoms with Crippen molar-refractivity contribution in [2.75, 3.05) is 54.9 Å². The molecule has 46 heavy (non-hydrogen) atoms. The number of thioether (sulfide) groups is 1. The highest BCUT2D eigenvalue weighted by atomic mass is 32.2. The predicted octanol–water partition coefficient (Wildman–Crippen LogP) is 2.54. The van der Waals surface area contributed by atoms with Crippen molar-refractivity contribution < 1.29 is 29.3 Å². The Hall–Kier alpha value is -2.70. The minimum absolute atomic E-state index is 0.0322. The van der Waals surface area contributed by atoms with Crippen LogP contribution in [0.2, 0.25) is 0 Å². The van der Waals surface area contributed by atoms with Crippen molar-refractivity contribution >= 4 is 40.9 Å². The van der Waals surface area contributed by atoms with E-state index in [1.165, 1.54) is 11.8 Å². The van der Waals surface area contributed by atoms with Gasteiger partial charge < -0.3 is 30.1 Å². The number of carboxylic acids is 1. The third kappa shape index (κ3) is 5.61. The van der Waals surface area contributed by atoms with Gasteiger partial charge in [-0.25, -0.2) is 0 Å². The number of ketones is 1. The molecule has 2 bridgehead atoms. The van der Waals surface area contributed by atoms with Gasteiger partial charge in [-0.3, -0.25) is 24.0 Å². The van der Waals surface area contributed by atoms with E-state index in [2.05, 4.69) is 37.6 Å². The SMILES string of the molecule is C=C[C@]1(C)C[C@@H](OC(=O)CSCC2CN(C)CCN2c2c(NCC(=O)O)c(=O)c2=O)[C@]2(C)[C@H](C)CC[C@]3(CCC(=O)[C@H]32)[C@@H](C)[C@@H]1O. The lowest BCUT2D eigenvalue weighted by Crippen LogP contribution is -2.63. The van der Waals surface area contributed by atoms with Crippen LogP contribution in [0.25, 0.3) is 0 Å². The molecular weight excluding hydrogens is 610 g/mol. The van der Waals surface area contributed by atoms with Gasteiger partial charge in [0.1, 0.15) is 29.8 Å². The summed E-state index contributed by atoms with van der Waals surface area (Å²) in [7, 11) is 1.96. The molecule has 254 valence electrons. The van der Waals surface area contributed by atoms with Crippen LogP contribution in [0.1, 0.15) is 59.8 Å². The first-order valence-electron chi connectivity index (χ1n) is 16.5. The molecule has 4 aliphatic rings. The van der Waals surface area contributed by atoms with Crippen LogP contribution in [0.3, 0.4) is 0 Å². The number of piperazine rings is 1. The second kappa shape index (κ2) is 12.7. The molecule has 0 aromatic heterocycles. The van der Waals surface area contributed by atoms with E-state index in [4.69, 9.17) is 9.84 Å². The zero-order valence-corrected chi connectivity index (χ0v) is 28.5. The van der Waals surface area contributed by atoms with Gasteiger partial charge >= 0.3 is 11.9 Å². The van der Waals surface area contributed by atoms with Gasteiger partial charge in [-0.15, -0.1) is 18.3 Å². The Morgan fingerprint density at radius 1 is 1.15 bits per heavy atom. The lowest BCUT2D eigenvalue weighted by molar-refractivity contribution is -0.205. The maximum absolute atomic E-state index is 13.6. The molecule has 1 aromatic carbocycles. The van der Waals surface area contributed by atoms with Crippen LogP contribution < -0.4 is 21.1 Å². The molecule has 0 radical (unpaired) electrons. The summed E-state index contributed by atoms with van der Waals surface area (Å²) in [6.07, 6.45) is 3.83. The van der Waals surface area contributed by atoms with Gasteiger partial charge in [-0.1, -0.05) is 33.8 Å². The monoisotopic (exact) mass is 659 g/mol. The molecule has 1 aromatic rings. The first-order valence-corrected chi connectivity index (χ1v) is 17.6. The maximum Gasteiger partial charge on any atom is 0.322 e. The number of likely N-dealkylation sites (N-methyl/N-ethyl adjacent to an activating group) is 1. The number of hydrogen-bond acceptors (Lipinski definition) is 11. The Morgan fingerprint density at radius 2 is 1.87 bits per heavy atom. The first-order chi connectivity index (χ1) is 21.6. The lowest BCUT2D eigenvalue weighted by Gasteiger charge is -2.61. The number of hydrogen-bond donors (Lipinski definition) is 3. The second-order valence-electron chi connectivity index (χ2n) is 14.8. The number of carboxylic acid groups (broad SMARTS) is 1. The molecule has 0 amide bonds.